The summed E-state index contributed by atoms with van der Waals surface area (Å²) in [5.74, 6) is 0.688. The summed E-state index contributed by atoms with van der Waals surface area (Å²) >= 11 is 11.9. The fraction of sp³-hybridized carbons (Fsp3) is 0.375. The van der Waals surface area contributed by atoms with E-state index in [0.717, 1.165) is 30.0 Å². The van der Waals surface area contributed by atoms with E-state index in [1.165, 1.54) is 5.56 Å². The number of morpholine rings is 1. The topological polar surface area (TPSA) is 75.2 Å². The molecular weight excluding hydrogens is 458 g/mol. The van der Waals surface area contributed by atoms with Crippen LogP contribution in [0.5, 0.6) is 0 Å². The van der Waals surface area contributed by atoms with Crippen molar-refractivity contribution in [3.8, 4) is 11.4 Å². The lowest BCUT2D eigenvalue weighted by Gasteiger charge is -2.35. The molecule has 2 heterocycles. The number of nitrogens with one attached hydrogen (secondary N) is 2. The molecule has 9 heteroatoms. The van der Waals surface area contributed by atoms with Gasteiger partial charge in [0.05, 0.1) is 19.3 Å². The fourth-order valence-corrected chi connectivity index (χ4v) is 4.52. The first-order valence-corrected chi connectivity index (χ1v) is 11.9. The minimum absolute atomic E-state index is 0.00855. The Bertz CT molecular complexity index is 1140. The number of carbonyl (C=O) groups is 1. The molecule has 1 unspecified atom stereocenters. The zero-order valence-corrected chi connectivity index (χ0v) is 20.2. The number of aromatic amines is 1. The number of carbonyl (C=O) groups excluding carboxylic acids is 1. The third kappa shape index (κ3) is 5.89. The first-order valence-electron chi connectivity index (χ1n) is 11.1. The van der Waals surface area contributed by atoms with Crippen LogP contribution in [0.2, 0.25) is 5.02 Å². The normalized spacial score (nSPS) is 15.3. The Balaban J connectivity index is 1.41. The van der Waals surface area contributed by atoms with Crippen LogP contribution >= 0.6 is 23.8 Å². The Kier molecular flexibility index (Phi) is 7.93. The average molecular weight is 486 g/mol. The molecule has 2 aromatic carbocycles. The molecule has 7 nitrogen and oxygen atoms in total. The number of ether oxygens (including phenoxy) is 1. The van der Waals surface area contributed by atoms with Gasteiger partial charge in [-0.2, -0.15) is 5.10 Å². The molecule has 1 atom stereocenters. The number of aryl methyl sites for hydroxylation is 1. The zero-order valence-electron chi connectivity index (χ0n) is 18.6. The van der Waals surface area contributed by atoms with E-state index in [1.54, 1.807) is 0 Å². The number of rotatable bonds is 8. The Morgan fingerprint density at radius 2 is 1.94 bits per heavy atom. The van der Waals surface area contributed by atoms with E-state index in [-0.39, 0.29) is 11.9 Å². The number of benzene rings is 2. The second-order valence-corrected chi connectivity index (χ2v) is 8.90. The van der Waals surface area contributed by atoms with E-state index in [2.05, 4.69) is 20.4 Å². The first-order chi connectivity index (χ1) is 16.0. The van der Waals surface area contributed by atoms with Gasteiger partial charge < -0.3 is 10.1 Å². The Morgan fingerprint density at radius 1 is 1.21 bits per heavy atom. The zero-order chi connectivity index (χ0) is 23.2. The van der Waals surface area contributed by atoms with Crippen molar-refractivity contribution in [2.75, 3.05) is 32.8 Å². The van der Waals surface area contributed by atoms with Crippen molar-refractivity contribution < 1.29 is 9.53 Å². The number of hydrogen-bond acceptors (Lipinski definition) is 5. The van der Waals surface area contributed by atoms with Gasteiger partial charge in [0.1, 0.15) is 0 Å². The maximum atomic E-state index is 12.8. The van der Waals surface area contributed by atoms with Crippen LogP contribution in [0.3, 0.4) is 0 Å². The van der Waals surface area contributed by atoms with E-state index in [0.29, 0.717) is 42.5 Å². The van der Waals surface area contributed by atoms with Gasteiger partial charge in [-0.1, -0.05) is 59.6 Å². The molecule has 1 aliphatic heterocycles. The van der Waals surface area contributed by atoms with Gasteiger partial charge in [0.15, 0.2) is 10.6 Å². The van der Waals surface area contributed by atoms with Gasteiger partial charge in [-0.3, -0.25) is 19.4 Å². The maximum Gasteiger partial charge on any atom is 0.221 e. The summed E-state index contributed by atoms with van der Waals surface area (Å²) in [6.45, 7) is 5.91. The minimum atomic E-state index is -0.0433. The molecule has 0 spiro atoms. The van der Waals surface area contributed by atoms with Crippen molar-refractivity contribution in [2.45, 2.75) is 25.9 Å². The summed E-state index contributed by atoms with van der Waals surface area (Å²) in [7, 11) is 0. The van der Waals surface area contributed by atoms with E-state index in [4.69, 9.17) is 28.6 Å². The molecule has 1 fully saturated rings. The smallest absolute Gasteiger partial charge is 0.221 e. The largest absolute Gasteiger partial charge is 0.379 e. The number of nitrogens with zero attached hydrogens (tertiary/aromatic N) is 3. The third-order valence-electron chi connectivity index (χ3n) is 5.87. The highest BCUT2D eigenvalue weighted by Gasteiger charge is 2.25. The van der Waals surface area contributed by atoms with Gasteiger partial charge in [0.25, 0.3) is 0 Å². The summed E-state index contributed by atoms with van der Waals surface area (Å²) in [6, 6.07) is 15.9. The first kappa shape index (κ1) is 23.6. The number of hydrogen-bond donors (Lipinski definition) is 2. The molecule has 1 saturated heterocycles. The summed E-state index contributed by atoms with van der Waals surface area (Å²) in [6.07, 6.45) is 0.297. The van der Waals surface area contributed by atoms with Crippen molar-refractivity contribution >= 4 is 29.7 Å². The highest BCUT2D eigenvalue weighted by atomic mass is 35.5. The third-order valence-corrected chi connectivity index (χ3v) is 6.53. The molecule has 1 aliphatic rings. The minimum Gasteiger partial charge on any atom is -0.379 e. The molecule has 33 heavy (non-hydrogen) atoms. The van der Waals surface area contributed by atoms with Crippen LogP contribution in [0.25, 0.3) is 11.4 Å². The van der Waals surface area contributed by atoms with E-state index < -0.39 is 0 Å². The van der Waals surface area contributed by atoms with Crippen molar-refractivity contribution in [1.82, 2.24) is 25.0 Å². The molecule has 0 aliphatic carbocycles. The molecular formula is C24H28ClN5O2S. The fourth-order valence-electron chi connectivity index (χ4n) is 4.03. The van der Waals surface area contributed by atoms with Gasteiger partial charge >= 0.3 is 0 Å². The molecule has 2 N–H and O–H groups in total. The molecule has 174 valence electrons. The van der Waals surface area contributed by atoms with E-state index in [1.807, 2.05) is 60.0 Å². The highest BCUT2D eigenvalue weighted by Crippen LogP contribution is 2.28. The molecule has 3 aromatic rings. The maximum absolute atomic E-state index is 12.8. The number of halogens is 1. The summed E-state index contributed by atoms with van der Waals surface area (Å²) in [5, 5.41) is 11.0. The predicted molar refractivity (Wildman–Crippen MR) is 132 cm³/mol. The molecule has 0 bridgehead atoms. The molecule has 1 aromatic heterocycles. The van der Waals surface area contributed by atoms with Crippen LogP contribution in [-0.2, 0) is 16.1 Å². The standard InChI is InChI=1S/C24H28ClN5O2S/c1-17-6-8-18(9-7-17)23-27-28-24(33)30(23)11-10-22(31)26-16-21(29-12-14-32-15-13-29)19-4-2-3-5-20(19)25/h2-9,21H,10-16H2,1H3,(H,26,31)(H,28,33). The number of aromatic nitrogens is 3. The SMILES string of the molecule is Cc1ccc(-c2n[nH]c(=S)n2CCC(=O)NCC(c2ccccc2Cl)N2CCOCC2)cc1. The van der Waals surface area contributed by atoms with Crippen molar-refractivity contribution in [3.63, 3.8) is 0 Å². The highest BCUT2D eigenvalue weighted by molar-refractivity contribution is 7.71. The van der Waals surface area contributed by atoms with Crippen LogP contribution in [-0.4, -0.2) is 58.4 Å². The van der Waals surface area contributed by atoms with Crippen molar-refractivity contribution in [3.05, 3.63) is 69.5 Å². The lowest BCUT2D eigenvalue weighted by Crippen LogP contribution is -2.44. The van der Waals surface area contributed by atoms with Crippen LogP contribution in [0.15, 0.2) is 48.5 Å². The van der Waals surface area contributed by atoms with Crippen LogP contribution in [0.4, 0.5) is 0 Å². The Hall–Kier alpha value is -2.52. The number of H-pyrrole nitrogens is 1. The van der Waals surface area contributed by atoms with Crippen LogP contribution in [0, 0.1) is 11.7 Å². The van der Waals surface area contributed by atoms with E-state index >= 15 is 0 Å². The van der Waals surface area contributed by atoms with Crippen molar-refractivity contribution in [1.29, 1.82) is 0 Å². The quantitative estimate of drug-likeness (QED) is 0.469. The Morgan fingerprint density at radius 3 is 2.67 bits per heavy atom. The van der Waals surface area contributed by atoms with Gasteiger partial charge in [0, 0.05) is 43.2 Å². The second kappa shape index (κ2) is 11.1. The summed E-state index contributed by atoms with van der Waals surface area (Å²) in [4.78, 5) is 15.1. The average Bonchev–Trinajstić information content (AvgIpc) is 3.20. The lowest BCUT2D eigenvalue weighted by atomic mass is 10.0. The predicted octanol–water partition coefficient (Wildman–Crippen LogP) is 4.15. The van der Waals surface area contributed by atoms with Gasteiger partial charge in [0.2, 0.25) is 5.91 Å². The molecule has 1 amide bonds. The van der Waals surface area contributed by atoms with Gasteiger partial charge in [-0.25, -0.2) is 0 Å². The molecule has 4 rings (SSSR count). The Labute approximate surface area is 203 Å². The van der Waals surface area contributed by atoms with Gasteiger partial charge in [-0.15, -0.1) is 0 Å². The van der Waals surface area contributed by atoms with Crippen molar-refractivity contribution in [2.24, 2.45) is 0 Å². The summed E-state index contributed by atoms with van der Waals surface area (Å²) < 4.78 is 7.87. The van der Waals surface area contributed by atoms with E-state index in [9.17, 15) is 4.79 Å². The lowest BCUT2D eigenvalue weighted by molar-refractivity contribution is -0.121. The van der Waals surface area contributed by atoms with Crippen LogP contribution in [0.1, 0.15) is 23.6 Å². The monoisotopic (exact) mass is 485 g/mol. The molecule has 0 saturated carbocycles. The second-order valence-electron chi connectivity index (χ2n) is 8.11. The summed E-state index contributed by atoms with van der Waals surface area (Å²) in [5.41, 5.74) is 3.15. The van der Waals surface area contributed by atoms with Gasteiger partial charge in [-0.05, 0) is 30.8 Å². The van der Waals surface area contributed by atoms with Crippen LogP contribution < -0.4 is 5.32 Å². The molecule has 0 radical (unpaired) electrons. The number of amides is 1.